The number of ketones is 1. The van der Waals surface area contributed by atoms with Crippen LogP contribution in [-0.2, 0) is 23.9 Å². The van der Waals surface area contributed by atoms with E-state index in [1.807, 2.05) is 13.8 Å². The van der Waals surface area contributed by atoms with Gasteiger partial charge in [-0.1, -0.05) is 39.2 Å². The summed E-state index contributed by atoms with van der Waals surface area (Å²) in [5.41, 5.74) is -1.13. The normalized spacial score (nSPS) is 24.7. The van der Waals surface area contributed by atoms with Crippen molar-refractivity contribution < 1.29 is 41.9 Å². The van der Waals surface area contributed by atoms with Crippen LogP contribution in [0.25, 0.3) is 0 Å². The summed E-state index contributed by atoms with van der Waals surface area (Å²) in [6, 6.07) is -3.79. The van der Waals surface area contributed by atoms with E-state index in [2.05, 4.69) is 22.5 Å². The van der Waals surface area contributed by atoms with Crippen molar-refractivity contribution in [3.63, 3.8) is 0 Å². The van der Waals surface area contributed by atoms with E-state index in [9.17, 15) is 37.1 Å². The van der Waals surface area contributed by atoms with Crippen LogP contribution in [0.15, 0.2) is 12.7 Å². The van der Waals surface area contributed by atoms with Gasteiger partial charge < -0.3 is 25.6 Å². The van der Waals surface area contributed by atoms with Crippen molar-refractivity contribution in [1.29, 1.82) is 0 Å². The Kier molecular flexibility index (Phi) is 10.6. The highest BCUT2D eigenvalue weighted by Gasteiger charge is 2.69. The van der Waals surface area contributed by atoms with Crippen molar-refractivity contribution in [2.45, 2.75) is 109 Å². The number of piperidine rings is 1. The first kappa shape index (κ1) is 34.4. The number of Topliss-reactive ketones (excluding diaryl/α,β-unsaturated/α-hetero) is 1. The fraction of sp³-hybridized carbons (Fsp3) is 0.767. The third-order valence-corrected chi connectivity index (χ3v) is 8.80. The van der Waals surface area contributed by atoms with Gasteiger partial charge in [0.25, 0.3) is 5.91 Å². The van der Waals surface area contributed by atoms with Crippen molar-refractivity contribution in [2.24, 2.45) is 23.2 Å². The molecular weight excluding hydrogens is 569 g/mol. The van der Waals surface area contributed by atoms with Crippen molar-refractivity contribution in [3.05, 3.63) is 12.7 Å². The van der Waals surface area contributed by atoms with E-state index in [0.29, 0.717) is 12.8 Å². The zero-order chi connectivity index (χ0) is 32.3. The second-order valence-electron chi connectivity index (χ2n) is 13.5. The molecule has 242 valence electrons. The maximum Gasteiger partial charge on any atom is 0.408 e. The molecule has 3 N–H and O–H groups in total. The van der Waals surface area contributed by atoms with Gasteiger partial charge >= 0.3 is 12.3 Å². The summed E-state index contributed by atoms with van der Waals surface area (Å²) in [7, 11) is 0. The van der Waals surface area contributed by atoms with E-state index in [1.165, 1.54) is 11.0 Å². The van der Waals surface area contributed by atoms with E-state index in [1.54, 1.807) is 20.8 Å². The first-order chi connectivity index (χ1) is 19.9. The maximum atomic E-state index is 14.1. The zero-order valence-electron chi connectivity index (χ0n) is 25.6. The molecule has 0 aromatic rings. The highest BCUT2D eigenvalue weighted by molar-refractivity contribution is 6.38. The quantitative estimate of drug-likeness (QED) is 0.240. The Morgan fingerprint density at radius 1 is 1.05 bits per heavy atom. The third kappa shape index (κ3) is 8.72. The Morgan fingerprint density at radius 3 is 2.23 bits per heavy atom. The second kappa shape index (κ2) is 13.3. The minimum atomic E-state index is -4.62. The molecular formula is C30H45F3N4O6. The number of rotatable bonds is 11. The number of likely N-dealkylation sites (tertiary alicyclic amines) is 1. The number of nitrogens with one attached hydrogen (secondary N) is 3. The van der Waals surface area contributed by atoms with Crippen molar-refractivity contribution in [1.82, 2.24) is 20.9 Å². The molecule has 0 aromatic heterocycles. The number of alkyl halides is 3. The van der Waals surface area contributed by atoms with Gasteiger partial charge in [0.1, 0.15) is 17.7 Å². The topological polar surface area (TPSA) is 134 Å². The molecule has 4 amide bonds. The van der Waals surface area contributed by atoms with Gasteiger partial charge in [0.2, 0.25) is 17.6 Å². The highest BCUT2D eigenvalue weighted by atomic mass is 19.4. The number of ether oxygens (including phenoxy) is 1. The molecule has 0 spiro atoms. The van der Waals surface area contributed by atoms with Gasteiger partial charge in [0.05, 0.1) is 6.04 Å². The molecule has 1 unspecified atom stereocenters. The molecule has 3 aliphatic rings. The molecule has 2 aliphatic carbocycles. The van der Waals surface area contributed by atoms with Crippen LogP contribution in [0.4, 0.5) is 18.0 Å². The van der Waals surface area contributed by atoms with Gasteiger partial charge in [-0.25, -0.2) is 4.79 Å². The standard InChI is InChI=1S/C30H45F3N4O6/c1-7-15-34-25(40)23(38)19(13-14-30(31,32)33)35-24(39)22-20-18(29(20,5)6)16-37(22)26(41)21(17-11-9-8-10-12-17)36-27(42)43-28(2,3)4/h7,17-22H,1,8-16H2,2-6H3,(H,34,40)(H,35,39)(H,36,42)/t18-,19?,20-,21-,22-/m0/s1. The molecule has 3 fully saturated rings. The summed E-state index contributed by atoms with van der Waals surface area (Å²) < 4.78 is 44.7. The van der Waals surface area contributed by atoms with E-state index in [4.69, 9.17) is 4.74 Å². The third-order valence-electron chi connectivity index (χ3n) is 8.80. The number of fused-ring (bicyclic) bond motifs is 1. The number of alkyl carbamates (subject to hydrolysis) is 1. The average Bonchev–Trinajstić information content (AvgIpc) is 3.22. The van der Waals surface area contributed by atoms with E-state index < -0.39 is 72.3 Å². The summed E-state index contributed by atoms with van der Waals surface area (Å²) in [6.45, 7) is 12.6. The second-order valence-corrected chi connectivity index (χ2v) is 13.5. The molecule has 1 saturated heterocycles. The van der Waals surface area contributed by atoms with Gasteiger partial charge in [-0.2, -0.15) is 13.2 Å². The van der Waals surface area contributed by atoms with E-state index in [-0.39, 0.29) is 36.3 Å². The number of amides is 4. The maximum absolute atomic E-state index is 14.1. The molecule has 13 heteroatoms. The van der Waals surface area contributed by atoms with Crippen LogP contribution in [-0.4, -0.2) is 77.5 Å². The Balaban J connectivity index is 1.87. The number of hydrogen-bond donors (Lipinski definition) is 3. The van der Waals surface area contributed by atoms with E-state index >= 15 is 0 Å². The van der Waals surface area contributed by atoms with Gasteiger partial charge in [0, 0.05) is 19.5 Å². The lowest BCUT2D eigenvalue weighted by atomic mass is 9.83. The Bertz CT molecular complexity index is 1100. The predicted molar refractivity (Wildman–Crippen MR) is 151 cm³/mol. The number of nitrogens with zero attached hydrogens (tertiary/aromatic N) is 1. The summed E-state index contributed by atoms with van der Waals surface area (Å²) in [6.07, 6.45) is -2.15. The fourth-order valence-electron chi connectivity index (χ4n) is 6.52. The SMILES string of the molecule is C=CCNC(=O)C(=O)C(CCC(F)(F)F)NC(=O)[C@@H]1[C@@H]2[C@H](CN1C(=O)[C@@H](NC(=O)OC(C)(C)C)C1CCCCC1)C2(C)C. The van der Waals surface area contributed by atoms with Gasteiger partial charge in [-0.05, 0) is 63.2 Å². The highest BCUT2D eigenvalue weighted by Crippen LogP contribution is 2.65. The molecule has 1 aliphatic heterocycles. The van der Waals surface area contributed by atoms with Crippen LogP contribution in [0.5, 0.6) is 0 Å². The van der Waals surface area contributed by atoms with Crippen LogP contribution >= 0.6 is 0 Å². The number of carbonyl (C=O) groups is 5. The predicted octanol–water partition coefficient (Wildman–Crippen LogP) is 3.64. The molecule has 0 bridgehead atoms. The lowest BCUT2D eigenvalue weighted by Crippen LogP contribution is -2.60. The zero-order valence-corrected chi connectivity index (χ0v) is 25.6. The molecule has 43 heavy (non-hydrogen) atoms. The van der Waals surface area contributed by atoms with Crippen LogP contribution in [0.1, 0.15) is 79.6 Å². The van der Waals surface area contributed by atoms with Gasteiger partial charge in [0.15, 0.2) is 0 Å². The van der Waals surface area contributed by atoms with E-state index in [0.717, 1.165) is 19.3 Å². The first-order valence-corrected chi connectivity index (χ1v) is 15.0. The summed E-state index contributed by atoms with van der Waals surface area (Å²) in [5, 5.41) is 7.35. The van der Waals surface area contributed by atoms with Crippen LogP contribution in [0.3, 0.4) is 0 Å². The fourth-order valence-corrected chi connectivity index (χ4v) is 6.52. The Morgan fingerprint density at radius 2 is 1.67 bits per heavy atom. The minimum absolute atomic E-state index is 0.0547. The summed E-state index contributed by atoms with van der Waals surface area (Å²) in [4.78, 5) is 67.2. The van der Waals surface area contributed by atoms with Crippen LogP contribution in [0, 0.1) is 23.2 Å². The molecule has 5 atom stereocenters. The summed E-state index contributed by atoms with van der Waals surface area (Å²) in [5.74, 6) is -4.18. The smallest absolute Gasteiger partial charge is 0.408 e. The minimum Gasteiger partial charge on any atom is -0.444 e. The Hall–Kier alpha value is -3.12. The van der Waals surface area contributed by atoms with Crippen LogP contribution < -0.4 is 16.0 Å². The average molecular weight is 615 g/mol. The largest absolute Gasteiger partial charge is 0.444 e. The molecule has 10 nitrogen and oxygen atoms in total. The van der Waals surface area contributed by atoms with Gasteiger partial charge in [-0.15, -0.1) is 6.58 Å². The number of halogens is 3. The molecule has 0 aromatic carbocycles. The summed E-state index contributed by atoms with van der Waals surface area (Å²) >= 11 is 0. The van der Waals surface area contributed by atoms with Crippen LogP contribution in [0.2, 0.25) is 0 Å². The lowest BCUT2D eigenvalue weighted by molar-refractivity contribution is -0.147. The van der Waals surface area contributed by atoms with Crippen molar-refractivity contribution in [2.75, 3.05) is 13.1 Å². The Labute approximate surface area is 250 Å². The molecule has 0 radical (unpaired) electrons. The number of hydrogen-bond acceptors (Lipinski definition) is 6. The molecule has 2 saturated carbocycles. The lowest BCUT2D eigenvalue weighted by Gasteiger charge is -2.37. The molecule has 3 rings (SSSR count). The first-order valence-electron chi connectivity index (χ1n) is 15.0. The van der Waals surface area contributed by atoms with Gasteiger partial charge in [-0.3, -0.25) is 19.2 Å². The van der Waals surface area contributed by atoms with Crippen molar-refractivity contribution >= 4 is 29.6 Å². The molecule has 1 heterocycles. The monoisotopic (exact) mass is 614 g/mol. The number of carbonyl (C=O) groups excluding carboxylic acids is 5. The van der Waals surface area contributed by atoms with Crippen molar-refractivity contribution in [3.8, 4) is 0 Å².